The van der Waals surface area contributed by atoms with Gasteiger partial charge in [0.25, 0.3) is 5.69 Å². The first-order valence-corrected chi connectivity index (χ1v) is 8.21. The summed E-state index contributed by atoms with van der Waals surface area (Å²) in [5, 5.41) is 13.9. The maximum atomic E-state index is 14.4. The molecule has 6 nitrogen and oxygen atoms in total. The first kappa shape index (κ1) is 18.9. The topological polar surface area (TPSA) is 81.0 Å². The van der Waals surface area contributed by atoms with E-state index < -0.39 is 27.9 Å². The smallest absolute Gasteiger partial charge is 0.297 e. The molecule has 3 rings (SSSR count). The van der Waals surface area contributed by atoms with Crippen molar-refractivity contribution >= 4 is 40.4 Å². The second kappa shape index (κ2) is 7.42. The van der Waals surface area contributed by atoms with Crippen molar-refractivity contribution in [3.63, 3.8) is 0 Å². The summed E-state index contributed by atoms with van der Waals surface area (Å²) in [4.78, 5) is 18.6. The summed E-state index contributed by atoms with van der Waals surface area (Å²) in [6.45, 7) is 1.65. The highest BCUT2D eigenvalue weighted by molar-refractivity contribution is 6.33. The van der Waals surface area contributed by atoms with Gasteiger partial charge in [-0.2, -0.15) is 0 Å². The summed E-state index contributed by atoms with van der Waals surface area (Å²) in [6.07, 6.45) is 1.21. The molecule has 0 amide bonds. The Labute approximate surface area is 161 Å². The molecule has 0 unspecified atom stereocenters. The van der Waals surface area contributed by atoms with Crippen LogP contribution in [0.25, 0.3) is 11.1 Å². The van der Waals surface area contributed by atoms with Gasteiger partial charge in [0.1, 0.15) is 18.0 Å². The number of nitro benzene ring substituents is 1. The highest BCUT2D eigenvalue weighted by Crippen LogP contribution is 2.38. The molecule has 0 atom stereocenters. The lowest BCUT2D eigenvalue weighted by molar-refractivity contribution is -0.384. The molecule has 10 heteroatoms. The van der Waals surface area contributed by atoms with Gasteiger partial charge >= 0.3 is 0 Å². The largest absolute Gasteiger partial charge is 0.332 e. The van der Waals surface area contributed by atoms with E-state index in [0.717, 1.165) is 18.2 Å². The average Bonchev–Trinajstić information content (AvgIpc) is 2.58. The van der Waals surface area contributed by atoms with E-state index in [0.29, 0.717) is 16.8 Å². The quantitative estimate of drug-likeness (QED) is 0.441. The first-order valence-electron chi connectivity index (χ1n) is 7.45. The molecule has 0 aliphatic rings. The van der Waals surface area contributed by atoms with Crippen molar-refractivity contribution in [2.75, 3.05) is 5.32 Å². The van der Waals surface area contributed by atoms with Gasteiger partial charge in [-0.3, -0.25) is 10.1 Å². The number of hydrogen-bond donors (Lipinski definition) is 1. The molecule has 0 spiro atoms. The molecule has 2 aromatic carbocycles. The zero-order chi connectivity index (χ0) is 19.7. The molecule has 0 saturated carbocycles. The van der Waals surface area contributed by atoms with Crippen LogP contribution in [0.1, 0.15) is 5.69 Å². The van der Waals surface area contributed by atoms with E-state index in [-0.39, 0.29) is 15.9 Å². The van der Waals surface area contributed by atoms with Crippen molar-refractivity contribution < 1.29 is 13.7 Å². The predicted molar refractivity (Wildman–Crippen MR) is 98.5 cm³/mol. The number of nitrogens with one attached hydrogen (secondary N) is 1. The van der Waals surface area contributed by atoms with Crippen molar-refractivity contribution in [2.45, 2.75) is 6.92 Å². The van der Waals surface area contributed by atoms with Gasteiger partial charge in [0.05, 0.1) is 20.7 Å². The summed E-state index contributed by atoms with van der Waals surface area (Å²) in [5.74, 6) is -1.39. The number of nitro groups is 1. The molecule has 27 heavy (non-hydrogen) atoms. The van der Waals surface area contributed by atoms with Crippen LogP contribution in [0.5, 0.6) is 0 Å². The normalized spacial score (nSPS) is 10.7. The van der Waals surface area contributed by atoms with E-state index in [1.54, 1.807) is 6.92 Å². The third-order valence-electron chi connectivity index (χ3n) is 3.71. The maximum Gasteiger partial charge on any atom is 0.297 e. The van der Waals surface area contributed by atoms with E-state index in [9.17, 15) is 18.9 Å². The Hall–Kier alpha value is -2.84. The molecular weight excluding hydrogens is 401 g/mol. The van der Waals surface area contributed by atoms with Gasteiger partial charge in [0.2, 0.25) is 0 Å². The van der Waals surface area contributed by atoms with Gasteiger partial charge in [0, 0.05) is 17.2 Å². The minimum Gasteiger partial charge on any atom is -0.332 e. The van der Waals surface area contributed by atoms with Gasteiger partial charge in [0.15, 0.2) is 11.5 Å². The molecule has 3 aromatic rings. The summed E-state index contributed by atoms with van der Waals surface area (Å²) < 4.78 is 27.7. The first-order chi connectivity index (χ1) is 12.8. The van der Waals surface area contributed by atoms with Crippen LogP contribution >= 0.6 is 23.2 Å². The standard InChI is InChI=1S/C17H10Cl2F2N4O2/c1-8-15(11-3-2-10(20)6-12(11)19)17(23-7-22-8)24-16-13(21)4-9(18)5-14(16)25(26)27/h2-7H,1H3,(H,22,23,24). The number of rotatable bonds is 4. The molecule has 0 bridgehead atoms. The Morgan fingerprint density at radius 2 is 1.89 bits per heavy atom. The fraction of sp³-hybridized carbons (Fsp3) is 0.0588. The number of anilines is 2. The monoisotopic (exact) mass is 410 g/mol. The van der Waals surface area contributed by atoms with Gasteiger partial charge < -0.3 is 5.32 Å². The molecule has 138 valence electrons. The van der Waals surface area contributed by atoms with E-state index in [1.807, 2.05) is 0 Å². The van der Waals surface area contributed by atoms with Crippen molar-refractivity contribution in [1.82, 2.24) is 9.97 Å². The second-order valence-electron chi connectivity index (χ2n) is 5.47. The Morgan fingerprint density at radius 1 is 1.15 bits per heavy atom. The summed E-state index contributed by atoms with van der Waals surface area (Å²) in [5.41, 5.74) is 0.217. The van der Waals surface area contributed by atoms with Gasteiger partial charge in [-0.25, -0.2) is 18.7 Å². The summed E-state index contributed by atoms with van der Waals surface area (Å²) in [7, 11) is 0. The van der Waals surface area contributed by atoms with Crippen molar-refractivity contribution in [1.29, 1.82) is 0 Å². The number of benzene rings is 2. The minimum absolute atomic E-state index is 0.0698. The van der Waals surface area contributed by atoms with Crippen LogP contribution in [0.15, 0.2) is 36.7 Å². The summed E-state index contributed by atoms with van der Waals surface area (Å²) >= 11 is 11.8. The zero-order valence-electron chi connectivity index (χ0n) is 13.6. The average molecular weight is 411 g/mol. The van der Waals surface area contributed by atoms with Gasteiger partial charge in [-0.1, -0.05) is 23.2 Å². The number of nitrogens with zero attached hydrogens (tertiary/aromatic N) is 3. The number of halogens is 4. The lowest BCUT2D eigenvalue weighted by Crippen LogP contribution is -2.05. The van der Waals surface area contributed by atoms with Gasteiger partial charge in [-0.15, -0.1) is 0 Å². The fourth-order valence-electron chi connectivity index (χ4n) is 2.53. The van der Waals surface area contributed by atoms with E-state index in [2.05, 4.69) is 15.3 Å². The number of hydrogen-bond acceptors (Lipinski definition) is 5. The third kappa shape index (κ3) is 3.81. The Bertz CT molecular complexity index is 1060. The minimum atomic E-state index is -0.929. The van der Waals surface area contributed by atoms with Crippen LogP contribution in [-0.2, 0) is 0 Å². The fourth-order valence-corrected chi connectivity index (χ4v) is 2.99. The Kier molecular flexibility index (Phi) is 5.20. The highest BCUT2D eigenvalue weighted by atomic mass is 35.5. The lowest BCUT2D eigenvalue weighted by Gasteiger charge is -2.15. The molecule has 0 saturated heterocycles. The molecule has 0 aliphatic heterocycles. The van der Waals surface area contributed by atoms with Crippen LogP contribution < -0.4 is 5.32 Å². The van der Waals surface area contributed by atoms with Crippen molar-refractivity contribution in [3.8, 4) is 11.1 Å². The molecule has 1 N–H and O–H groups in total. The molecular formula is C17H10Cl2F2N4O2. The van der Waals surface area contributed by atoms with E-state index in [1.165, 1.54) is 18.5 Å². The van der Waals surface area contributed by atoms with Crippen molar-refractivity contribution in [3.05, 3.63) is 74.1 Å². The van der Waals surface area contributed by atoms with Crippen molar-refractivity contribution in [2.24, 2.45) is 0 Å². The highest BCUT2D eigenvalue weighted by Gasteiger charge is 2.23. The number of aromatic nitrogens is 2. The molecule has 0 aliphatic carbocycles. The number of aryl methyl sites for hydroxylation is 1. The van der Waals surface area contributed by atoms with E-state index in [4.69, 9.17) is 23.2 Å². The lowest BCUT2D eigenvalue weighted by atomic mass is 10.0. The van der Waals surface area contributed by atoms with Gasteiger partial charge in [-0.05, 0) is 31.2 Å². The van der Waals surface area contributed by atoms with Crippen LogP contribution in [0.2, 0.25) is 10.0 Å². The molecule has 0 radical (unpaired) electrons. The Morgan fingerprint density at radius 3 is 2.56 bits per heavy atom. The maximum absolute atomic E-state index is 14.4. The second-order valence-corrected chi connectivity index (χ2v) is 6.31. The van der Waals surface area contributed by atoms with Crippen LogP contribution in [0.4, 0.5) is 26.0 Å². The SMILES string of the molecule is Cc1ncnc(Nc2c(F)cc(Cl)cc2[N+](=O)[O-])c1-c1ccc(F)cc1Cl. The molecule has 1 aromatic heterocycles. The van der Waals surface area contributed by atoms with Crippen LogP contribution in [-0.4, -0.2) is 14.9 Å². The molecule has 1 heterocycles. The van der Waals surface area contributed by atoms with Crippen LogP contribution in [0.3, 0.4) is 0 Å². The Balaban J connectivity index is 2.18. The third-order valence-corrected chi connectivity index (χ3v) is 4.24. The predicted octanol–water partition coefficient (Wildman–Crippen LogP) is 5.69. The molecule has 0 fully saturated rings. The summed E-state index contributed by atoms with van der Waals surface area (Å²) in [6, 6.07) is 5.68. The van der Waals surface area contributed by atoms with E-state index >= 15 is 0 Å². The zero-order valence-corrected chi connectivity index (χ0v) is 15.1. The van der Waals surface area contributed by atoms with Crippen LogP contribution in [0, 0.1) is 28.7 Å².